The van der Waals surface area contributed by atoms with E-state index in [1.807, 2.05) is 0 Å². The van der Waals surface area contributed by atoms with Gasteiger partial charge in [-0.3, -0.25) is 9.36 Å². The first kappa shape index (κ1) is 13.4. The molecular formula is C9H17O4P. The summed E-state index contributed by atoms with van der Waals surface area (Å²) in [5, 5.41) is 0. The minimum Gasteiger partial charge on any atom is -0.466 e. The number of carbonyl (C=O) groups is 1. The standard InChI is InChI=1S/C9H17O4P/c1-3-13-9(10)7-5-6-8-14(11,12)4-2/h6,8H,3-5,7H2,1-2H3,(H,11,12). The molecule has 0 heterocycles. The number of carbonyl (C=O) groups excluding carboxylic acids is 1. The number of allylic oxidation sites excluding steroid dienone is 1. The SMILES string of the molecule is CCOC(=O)CCC=CP(=O)(O)CC. The van der Waals surface area contributed by atoms with Gasteiger partial charge in [-0.15, -0.1) is 0 Å². The minimum atomic E-state index is -3.08. The first-order chi connectivity index (χ1) is 6.52. The van der Waals surface area contributed by atoms with Gasteiger partial charge in [0.05, 0.1) is 6.61 Å². The quantitative estimate of drug-likeness (QED) is 0.550. The molecule has 0 spiro atoms. The van der Waals surface area contributed by atoms with Crippen LogP contribution in [0.5, 0.6) is 0 Å². The summed E-state index contributed by atoms with van der Waals surface area (Å²) in [6, 6.07) is 0. The number of hydrogen-bond donors (Lipinski definition) is 1. The van der Waals surface area contributed by atoms with E-state index in [4.69, 9.17) is 9.63 Å². The molecule has 0 rings (SSSR count). The van der Waals surface area contributed by atoms with Crippen LogP contribution in [-0.4, -0.2) is 23.6 Å². The first-order valence-corrected chi connectivity index (χ1v) is 6.58. The van der Waals surface area contributed by atoms with Crippen LogP contribution in [0.1, 0.15) is 26.7 Å². The van der Waals surface area contributed by atoms with Gasteiger partial charge in [0.2, 0.25) is 7.37 Å². The molecule has 0 saturated carbocycles. The Balaban J connectivity index is 3.74. The molecule has 0 aliphatic heterocycles. The maximum Gasteiger partial charge on any atom is 0.306 e. The van der Waals surface area contributed by atoms with E-state index in [0.717, 1.165) is 0 Å². The average Bonchev–Trinajstić information content (AvgIpc) is 2.13. The Morgan fingerprint density at radius 1 is 1.50 bits per heavy atom. The van der Waals surface area contributed by atoms with E-state index in [1.165, 1.54) is 5.82 Å². The van der Waals surface area contributed by atoms with Crippen molar-refractivity contribution >= 4 is 13.3 Å². The van der Waals surface area contributed by atoms with Crippen LogP contribution in [0.2, 0.25) is 0 Å². The molecule has 0 saturated heterocycles. The van der Waals surface area contributed by atoms with E-state index in [-0.39, 0.29) is 18.6 Å². The normalized spacial score (nSPS) is 15.4. The van der Waals surface area contributed by atoms with E-state index in [9.17, 15) is 9.36 Å². The molecule has 0 aromatic heterocycles. The molecule has 0 amide bonds. The Hall–Kier alpha value is -0.600. The van der Waals surface area contributed by atoms with Gasteiger partial charge in [-0.2, -0.15) is 0 Å². The van der Waals surface area contributed by atoms with Gasteiger partial charge in [0.15, 0.2) is 0 Å². The third kappa shape index (κ3) is 6.87. The van der Waals surface area contributed by atoms with Crippen molar-refractivity contribution in [3.63, 3.8) is 0 Å². The summed E-state index contributed by atoms with van der Waals surface area (Å²) in [6.45, 7) is 3.76. The van der Waals surface area contributed by atoms with Crippen LogP contribution in [0.15, 0.2) is 11.9 Å². The van der Waals surface area contributed by atoms with Crippen molar-refractivity contribution in [3.05, 3.63) is 11.9 Å². The Bertz CT molecular complexity index is 247. The van der Waals surface area contributed by atoms with Gasteiger partial charge in [-0.1, -0.05) is 13.0 Å². The second kappa shape index (κ2) is 6.80. The minimum absolute atomic E-state index is 0.225. The zero-order valence-electron chi connectivity index (χ0n) is 8.60. The molecule has 1 N–H and O–H groups in total. The summed E-state index contributed by atoms with van der Waals surface area (Å²) in [6.07, 6.45) is 2.49. The predicted molar refractivity (Wildman–Crippen MR) is 55.4 cm³/mol. The lowest BCUT2D eigenvalue weighted by molar-refractivity contribution is -0.143. The van der Waals surface area contributed by atoms with Gasteiger partial charge < -0.3 is 9.63 Å². The first-order valence-electron chi connectivity index (χ1n) is 4.66. The molecule has 0 fully saturated rings. The molecule has 4 nitrogen and oxygen atoms in total. The fourth-order valence-electron chi connectivity index (χ4n) is 0.779. The lowest BCUT2D eigenvalue weighted by Crippen LogP contribution is -2.02. The topological polar surface area (TPSA) is 63.6 Å². The monoisotopic (exact) mass is 220 g/mol. The molecule has 82 valence electrons. The summed E-state index contributed by atoms with van der Waals surface area (Å²) in [7, 11) is -3.08. The molecule has 1 atom stereocenters. The summed E-state index contributed by atoms with van der Waals surface area (Å²) >= 11 is 0. The van der Waals surface area contributed by atoms with Crippen molar-refractivity contribution in [2.24, 2.45) is 0 Å². The number of ether oxygens (including phenoxy) is 1. The van der Waals surface area contributed by atoms with E-state index in [1.54, 1.807) is 19.9 Å². The van der Waals surface area contributed by atoms with Gasteiger partial charge in [0.25, 0.3) is 0 Å². The third-order valence-electron chi connectivity index (χ3n) is 1.61. The summed E-state index contributed by atoms with van der Waals surface area (Å²) < 4.78 is 15.8. The molecule has 0 aromatic carbocycles. The zero-order chi connectivity index (χ0) is 11.0. The second-order valence-electron chi connectivity index (χ2n) is 2.80. The van der Waals surface area contributed by atoms with Gasteiger partial charge in [0, 0.05) is 12.6 Å². The number of rotatable bonds is 6. The zero-order valence-corrected chi connectivity index (χ0v) is 9.50. The van der Waals surface area contributed by atoms with Gasteiger partial charge in [0.1, 0.15) is 0 Å². The molecular weight excluding hydrogens is 203 g/mol. The molecule has 0 aliphatic rings. The molecule has 14 heavy (non-hydrogen) atoms. The van der Waals surface area contributed by atoms with Crippen LogP contribution >= 0.6 is 7.37 Å². The molecule has 0 aliphatic carbocycles. The maximum atomic E-state index is 11.1. The van der Waals surface area contributed by atoms with E-state index in [0.29, 0.717) is 13.0 Å². The molecule has 0 radical (unpaired) electrons. The number of esters is 1. The maximum absolute atomic E-state index is 11.1. The van der Waals surface area contributed by atoms with Crippen LogP contribution in [0.25, 0.3) is 0 Å². The van der Waals surface area contributed by atoms with Crippen molar-refractivity contribution in [2.45, 2.75) is 26.7 Å². The second-order valence-corrected chi connectivity index (χ2v) is 5.24. The predicted octanol–water partition coefficient (Wildman–Crippen LogP) is 2.13. The Morgan fingerprint density at radius 2 is 2.14 bits per heavy atom. The van der Waals surface area contributed by atoms with E-state index < -0.39 is 7.37 Å². The van der Waals surface area contributed by atoms with Crippen LogP contribution in [-0.2, 0) is 14.1 Å². The molecule has 5 heteroatoms. The molecule has 1 unspecified atom stereocenters. The van der Waals surface area contributed by atoms with Crippen molar-refractivity contribution < 1.29 is 19.0 Å². The van der Waals surface area contributed by atoms with E-state index in [2.05, 4.69) is 0 Å². The Labute approximate surface area is 84.4 Å². The van der Waals surface area contributed by atoms with E-state index >= 15 is 0 Å². The fraction of sp³-hybridized carbons (Fsp3) is 0.667. The lowest BCUT2D eigenvalue weighted by atomic mass is 10.3. The van der Waals surface area contributed by atoms with Crippen molar-refractivity contribution in [3.8, 4) is 0 Å². The van der Waals surface area contributed by atoms with Crippen molar-refractivity contribution in [2.75, 3.05) is 12.8 Å². The molecule has 0 aromatic rings. The smallest absolute Gasteiger partial charge is 0.306 e. The molecule has 0 bridgehead atoms. The summed E-state index contributed by atoms with van der Waals surface area (Å²) in [4.78, 5) is 20.0. The van der Waals surface area contributed by atoms with Gasteiger partial charge in [-0.05, 0) is 19.2 Å². The fourth-order valence-corrected chi connectivity index (χ4v) is 1.47. The van der Waals surface area contributed by atoms with Crippen molar-refractivity contribution in [1.82, 2.24) is 0 Å². The largest absolute Gasteiger partial charge is 0.466 e. The highest BCUT2D eigenvalue weighted by molar-refractivity contribution is 7.61. The Morgan fingerprint density at radius 3 is 2.64 bits per heavy atom. The van der Waals surface area contributed by atoms with Crippen LogP contribution < -0.4 is 0 Å². The van der Waals surface area contributed by atoms with Crippen molar-refractivity contribution in [1.29, 1.82) is 0 Å². The third-order valence-corrected chi connectivity index (χ3v) is 3.19. The summed E-state index contributed by atoms with van der Waals surface area (Å²) in [5.41, 5.74) is 0. The highest BCUT2D eigenvalue weighted by Crippen LogP contribution is 2.41. The van der Waals surface area contributed by atoms with Crippen LogP contribution in [0, 0.1) is 0 Å². The average molecular weight is 220 g/mol. The highest BCUT2D eigenvalue weighted by atomic mass is 31.2. The summed E-state index contributed by atoms with van der Waals surface area (Å²) in [5.74, 6) is 1.01. The van der Waals surface area contributed by atoms with Crippen LogP contribution in [0.3, 0.4) is 0 Å². The van der Waals surface area contributed by atoms with Gasteiger partial charge >= 0.3 is 5.97 Å². The van der Waals surface area contributed by atoms with Crippen LogP contribution in [0.4, 0.5) is 0 Å². The number of hydrogen-bond acceptors (Lipinski definition) is 3. The van der Waals surface area contributed by atoms with Gasteiger partial charge in [-0.25, -0.2) is 0 Å². The highest BCUT2D eigenvalue weighted by Gasteiger charge is 2.08. The lowest BCUT2D eigenvalue weighted by Gasteiger charge is -2.01. The Kier molecular flexibility index (Phi) is 6.50.